The molecule has 0 saturated carbocycles. The Labute approximate surface area is 112 Å². The molecule has 1 aromatic carbocycles. The number of amides is 2. The van der Waals surface area contributed by atoms with Gasteiger partial charge in [-0.25, -0.2) is 9.59 Å². The lowest BCUT2D eigenvalue weighted by Gasteiger charge is -2.20. The summed E-state index contributed by atoms with van der Waals surface area (Å²) in [7, 11) is 3.88. The summed E-state index contributed by atoms with van der Waals surface area (Å²) in [6, 6.07) is 5.93. The van der Waals surface area contributed by atoms with Crippen LogP contribution in [0.3, 0.4) is 0 Å². The molecule has 2 amide bonds. The number of nitrogens with one attached hydrogen (secondary N) is 2. The Balaban J connectivity index is 2.46. The van der Waals surface area contributed by atoms with Crippen molar-refractivity contribution in [1.82, 2.24) is 10.2 Å². The molecule has 0 radical (unpaired) electrons. The van der Waals surface area contributed by atoms with Crippen molar-refractivity contribution < 1.29 is 14.7 Å². The number of likely N-dealkylation sites (N-methyl/N-ethyl adjacent to an activating group) is 1. The average molecular weight is 265 g/mol. The first-order valence-electron chi connectivity index (χ1n) is 5.95. The first-order valence-corrected chi connectivity index (χ1v) is 5.95. The zero-order chi connectivity index (χ0) is 14.4. The molecule has 0 fully saturated rings. The molecule has 0 aliphatic rings. The number of benzene rings is 1. The van der Waals surface area contributed by atoms with Gasteiger partial charge in [0, 0.05) is 18.3 Å². The second-order valence-corrected chi connectivity index (χ2v) is 4.53. The summed E-state index contributed by atoms with van der Waals surface area (Å²) in [5, 5.41) is 14.1. The zero-order valence-corrected chi connectivity index (χ0v) is 11.3. The number of carbonyl (C=O) groups is 2. The van der Waals surface area contributed by atoms with Gasteiger partial charge in [0.1, 0.15) is 0 Å². The van der Waals surface area contributed by atoms with Crippen LogP contribution >= 0.6 is 0 Å². The molecule has 0 aromatic heterocycles. The largest absolute Gasteiger partial charge is 0.478 e. The number of aromatic carboxylic acids is 1. The number of carboxylic acids is 1. The van der Waals surface area contributed by atoms with Gasteiger partial charge in [-0.2, -0.15) is 0 Å². The van der Waals surface area contributed by atoms with Crippen LogP contribution in [0.5, 0.6) is 0 Å². The van der Waals surface area contributed by atoms with E-state index in [-0.39, 0.29) is 17.6 Å². The van der Waals surface area contributed by atoms with Crippen molar-refractivity contribution in [2.45, 2.75) is 13.0 Å². The SMILES string of the molecule is CC(CNC(=O)Nc1ccc(C(=O)O)cc1)N(C)C. The van der Waals surface area contributed by atoms with Crippen molar-refractivity contribution >= 4 is 17.7 Å². The Morgan fingerprint density at radius 2 is 1.84 bits per heavy atom. The molecule has 0 spiro atoms. The van der Waals surface area contributed by atoms with Crippen molar-refractivity contribution in [3.8, 4) is 0 Å². The van der Waals surface area contributed by atoms with Crippen LogP contribution in [0.15, 0.2) is 24.3 Å². The van der Waals surface area contributed by atoms with E-state index >= 15 is 0 Å². The van der Waals surface area contributed by atoms with Gasteiger partial charge in [0.2, 0.25) is 0 Å². The van der Waals surface area contributed by atoms with E-state index in [1.807, 2.05) is 25.9 Å². The highest BCUT2D eigenvalue weighted by atomic mass is 16.4. The minimum Gasteiger partial charge on any atom is -0.478 e. The van der Waals surface area contributed by atoms with E-state index in [1.165, 1.54) is 12.1 Å². The third-order valence-corrected chi connectivity index (χ3v) is 2.83. The normalized spacial score (nSPS) is 12.0. The molecule has 19 heavy (non-hydrogen) atoms. The molecular weight excluding hydrogens is 246 g/mol. The van der Waals surface area contributed by atoms with E-state index in [0.717, 1.165) is 0 Å². The molecule has 1 atom stereocenters. The number of hydrogen-bond donors (Lipinski definition) is 3. The van der Waals surface area contributed by atoms with Gasteiger partial charge in [0.05, 0.1) is 5.56 Å². The lowest BCUT2D eigenvalue weighted by atomic mass is 10.2. The van der Waals surface area contributed by atoms with Crippen molar-refractivity contribution in [2.24, 2.45) is 0 Å². The van der Waals surface area contributed by atoms with Gasteiger partial charge in [-0.05, 0) is 45.3 Å². The maximum absolute atomic E-state index is 11.6. The lowest BCUT2D eigenvalue weighted by molar-refractivity contribution is 0.0697. The number of nitrogens with zero attached hydrogens (tertiary/aromatic N) is 1. The molecule has 1 unspecified atom stereocenters. The van der Waals surface area contributed by atoms with Gasteiger partial charge < -0.3 is 20.6 Å². The van der Waals surface area contributed by atoms with E-state index in [0.29, 0.717) is 12.2 Å². The minimum absolute atomic E-state index is 0.187. The fraction of sp³-hybridized carbons (Fsp3) is 0.385. The van der Waals surface area contributed by atoms with E-state index in [1.54, 1.807) is 12.1 Å². The van der Waals surface area contributed by atoms with Gasteiger partial charge >= 0.3 is 12.0 Å². The van der Waals surface area contributed by atoms with Crippen molar-refractivity contribution in [3.63, 3.8) is 0 Å². The summed E-state index contributed by atoms with van der Waals surface area (Å²) in [6.45, 7) is 2.54. The smallest absolute Gasteiger partial charge is 0.335 e. The zero-order valence-electron chi connectivity index (χ0n) is 11.3. The van der Waals surface area contributed by atoms with Gasteiger partial charge in [-0.1, -0.05) is 0 Å². The van der Waals surface area contributed by atoms with Crippen molar-refractivity contribution in [2.75, 3.05) is 26.0 Å². The van der Waals surface area contributed by atoms with Crippen LogP contribution < -0.4 is 10.6 Å². The third-order valence-electron chi connectivity index (χ3n) is 2.83. The van der Waals surface area contributed by atoms with E-state index in [4.69, 9.17) is 5.11 Å². The van der Waals surface area contributed by atoms with Crippen LogP contribution in [-0.4, -0.2) is 48.7 Å². The molecule has 0 saturated heterocycles. The second-order valence-electron chi connectivity index (χ2n) is 4.53. The number of anilines is 1. The fourth-order valence-corrected chi connectivity index (χ4v) is 1.29. The van der Waals surface area contributed by atoms with Gasteiger partial charge in [-0.3, -0.25) is 0 Å². The Bertz CT molecular complexity index is 443. The maximum atomic E-state index is 11.6. The highest BCUT2D eigenvalue weighted by molar-refractivity contribution is 5.91. The highest BCUT2D eigenvalue weighted by Crippen LogP contribution is 2.09. The van der Waals surface area contributed by atoms with Crippen LogP contribution in [-0.2, 0) is 0 Å². The third kappa shape index (κ3) is 4.97. The number of carbonyl (C=O) groups excluding carboxylic acids is 1. The number of hydrogen-bond acceptors (Lipinski definition) is 3. The standard InChI is InChI=1S/C13H19N3O3/c1-9(16(2)3)8-14-13(19)15-11-6-4-10(5-7-11)12(17)18/h4-7,9H,8H2,1-3H3,(H,17,18)(H2,14,15,19). The van der Waals surface area contributed by atoms with E-state index in [2.05, 4.69) is 10.6 Å². The summed E-state index contributed by atoms with van der Waals surface area (Å²) >= 11 is 0. The summed E-state index contributed by atoms with van der Waals surface area (Å²) in [5.74, 6) is -0.990. The van der Waals surface area contributed by atoms with Gasteiger partial charge in [0.15, 0.2) is 0 Å². The predicted octanol–water partition coefficient (Wildman–Crippen LogP) is 1.46. The summed E-state index contributed by atoms with van der Waals surface area (Å²) in [5.41, 5.74) is 0.743. The summed E-state index contributed by atoms with van der Waals surface area (Å²) in [4.78, 5) is 24.3. The molecule has 0 aliphatic heterocycles. The van der Waals surface area contributed by atoms with Crippen LogP contribution in [0.1, 0.15) is 17.3 Å². The topological polar surface area (TPSA) is 81.7 Å². The second kappa shape index (κ2) is 6.75. The molecule has 6 nitrogen and oxygen atoms in total. The molecule has 0 bridgehead atoms. The predicted molar refractivity (Wildman–Crippen MR) is 73.6 cm³/mol. The first kappa shape index (κ1) is 15.0. The van der Waals surface area contributed by atoms with E-state index < -0.39 is 5.97 Å². The van der Waals surface area contributed by atoms with Crippen LogP contribution in [0.4, 0.5) is 10.5 Å². The monoisotopic (exact) mass is 265 g/mol. The molecule has 1 rings (SSSR count). The Kier molecular flexibility index (Phi) is 5.32. The molecule has 0 heterocycles. The van der Waals surface area contributed by atoms with Crippen molar-refractivity contribution in [3.05, 3.63) is 29.8 Å². The first-order chi connectivity index (χ1) is 8.90. The van der Waals surface area contributed by atoms with Crippen molar-refractivity contribution in [1.29, 1.82) is 0 Å². The Morgan fingerprint density at radius 1 is 1.26 bits per heavy atom. The maximum Gasteiger partial charge on any atom is 0.335 e. The number of urea groups is 1. The molecule has 0 aliphatic carbocycles. The van der Waals surface area contributed by atoms with Crippen LogP contribution in [0.2, 0.25) is 0 Å². The molecular formula is C13H19N3O3. The molecule has 1 aromatic rings. The van der Waals surface area contributed by atoms with E-state index in [9.17, 15) is 9.59 Å². The summed E-state index contributed by atoms with van der Waals surface area (Å²) in [6.07, 6.45) is 0. The van der Waals surface area contributed by atoms with Crippen LogP contribution in [0.25, 0.3) is 0 Å². The average Bonchev–Trinajstić information content (AvgIpc) is 2.36. The summed E-state index contributed by atoms with van der Waals surface area (Å²) < 4.78 is 0. The van der Waals surface area contributed by atoms with Crippen LogP contribution in [0, 0.1) is 0 Å². The Hall–Kier alpha value is -2.08. The minimum atomic E-state index is -0.990. The number of rotatable bonds is 5. The molecule has 3 N–H and O–H groups in total. The fourth-order valence-electron chi connectivity index (χ4n) is 1.29. The van der Waals surface area contributed by atoms with Gasteiger partial charge in [0.25, 0.3) is 0 Å². The number of carboxylic acid groups (broad SMARTS) is 1. The molecule has 6 heteroatoms. The Morgan fingerprint density at radius 3 is 2.32 bits per heavy atom. The highest BCUT2D eigenvalue weighted by Gasteiger charge is 2.07. The lowest BCUT2D eigenvalue weighted by Crippen LogP contribution is -2.40. The quantitative estimate of drug-likeness (QED) is 0.752. The molecule has 104 valence electrons. The van der Waals surface area contributed by atoms with Gasteiger partial charge in [-0.15, -0.1) is 0 Å².